The molecule has 0 aromatic heterocycles. The Morgan fingerprint density at radius 1 is 1.40 bits per heavy atom. The average Bonchev–Trinajstić information content (AvgIpc) is 2.72. The van der Waals surface area contributed by atoms with Gasteiger partial charge in [-0.1, -0.05) is 24.3 Å². The van der Waals surface area contributed by atoms with Crippen LogP contribution in [-0.2, 0) is 20.7 Å². The van der Waals surface area contributed by atoms with Crippen molar-refractivity contribution in [1.82, 2.24) is 0 Å². The lowest BCUT2D eigenvalue weighted by atomic mass is 10.1. The lowest BCUT2D eigenvalue weighted by molar-refractivity contribution is -0.169. The average molecular weight is 204 g/mol. The van der Waals surface area contributed by atoms with Crippen molar-refractivity contribution in [3.8, 4) is 0 Å². The Hall–Kier alpha value is -1.19. The molecule has 1 aromatic carbocycles. The van der Waals surface area contributed by atoms with Crippen molar-refractivity contribution < 1.29 is 14.3 Å². The fourth-order valence-electron chi connectivity index (χ4n) is 2.40. The third-order valence-electron chi connectivity index (χ3n) is 3.08. The molecule has 1 aliphatic heterocycles. The predicted molar refractivity (Wildman–Crippen MR) is 53.3 cm³/mol. The first-order valence-corrected chi connectivity index (χ1v) is 5.12. The van der Waals surface area contributed by atoms with Gasteiger partial charge in [-0.3, -0.25) is 4.79 Å². The Morgan fingerprint density at radius 2 is 2.20 bits per heavy atom. The molecule has 3 nitrogen and oxygen atoms in total. The first-order valence-electron chi connectivity index (χ1n) is 5.12. The number of hydrogen-bond donors (Lipinski definition) is 0. The van der Waals surface area contributed by atoms with Gasteiger partial charge in [0.15, 0.2) is 6.29 Å². The van der Waals surface area contributed by atoms with Crippen LogP contribution in [-0.4, -0.2) is 18.2 Å². The summed E-state index contributed by atoms with van der Waals surface area (Å²) in [5, 5.41) is 0. The van der Waals surface area contributed by atoms with E-state index in [0.29, 0.717) is 0 Å². The molecule has 0 bridgehead atoms. The highest BCUT2D eigenvalue weighted by Crippen LogP contribution is 2.44. The molecule has 0 N–H and O–H groups in total. The summed E-state index contributed by atoms with van der Waals surface area (Å²) in [5.74, 6) is -1.05. The molecule has 1 saturated heterocycles. The molecule has 0 radical (unpaired) electrons. The lowest BCUT2D eigenvalue weighted by Gasteiger charge is -2.16. The van der Waals surface area contributed by atoms with Crippen LogP contribution >= 0.6 is 0 Å². The number of benzene rings is 1. The minimum atomic E-state index is -1.05. The van der Waals surface area contributed by atoms with Crippen LogP contribution in [0.15, 0.2) is 24.3 Å². The Balaban J connectivity index is 1.97. The van der Waals surface area contributed by atoms with Crippen LogP contribution in [0.4, 0.5) is 0 Å². The van der Waals surface area contributed by atoms with Gasteiger partial charge in [0.25, 0.3) is 0 Å². The minimum Gasteiger partial charge on any atom is -0.337 e. The van der Waals surface area contributed by atoms with Crippen molar-refractivity contribution >= 4 is 6.29 Å². The summed E-state index contributed by atoms with van der Waals surface area (Å²) >= 11 is 0. The van der Waals surface area contributed by atoms with Gasteiger partial charge in [-0.25, -0.2) is 0 Å². The summed E-state index contributed by atoms with van der Waals surface area (Å²) in [6.07, 6.45) is 1.49. The number of carbonyl (C=O) groups is 1. The van der Waals surface area contributed by atoms with Crippen molar-refractivity contribution in [2.24, 2.45) is 0 Å². The zero-order valence-electron chi connectivity index (χ0n) is 8.47. The van der Waals surface area contributed by atoms with Gasteiger partial charge < -0.3 is 9.47 Å². The summed E-state index contributed by atoms with van der Waals surface area (Å²) in [5.41, 5.74) is 2.42. The zero-order valence-corrected chi connectivity index (χ0v) is 8.47. The molecule has 3 unspecified atom stereocenters. The van der Waals surface area contributed by atoms with Crippen LogP contribution in [0.2, 0.25) is 0 Å². The lowest BCUT2D eigenvalue weighted by Crippen LogP contribution is -2.29. The molecule has 1 aliphatic carbocycles. The van der Waals surface area contributed by atoms with Crippen molar-refractivity contribution in [3.05, 3.63) is 35.4 Å². The second kappa shape index (κ2) is 2.90. The van der Waals surface area contributed by atoms with E-state index in [1.165, 1.54) is 5.56 Å². The first kappa shape index (κ1) is 9.07. The number of ether oxygens (including phenoxy) is 2. The van der Waals surface area contributed by atoms with Crippen LogP contribution in [0.5, 0.6) is 0 Å². The molecular weight excluding hydrogens is 192 g/mol. The molecule has 0 saturated carbocycles. The fraction of sp³-hybridized carbons (Fsp3) is 0.417. The van der Waals surface area contributed by atoms with E-state index in [0.717, 1.165) is 18.3 Å². The molecule has 3 heteroatoms. The van der Waals surface area contributed by atoms with Gasteiger partial charge in [-0.2, -0.15) is 0 Å². The zero-order chi connectivity index (χ0) is 10.5. The monoisotopic (exact) mass is 204 g/mol. The van der Waals surface area contributed by atoms with E-state index in [1.807, 2.05) is 18.2 Å². The van der Waals surface area contributed by atoms with Crippen molar-refractivity contribution in [2.75, 3.05) is 0 Å². The summed E-state index contributed by atoms with van der Waals surface area (Å²) < 4.78 is 11.3. The molecule has 2 aliphatic rings. The quantitative estimate of drug-likeness (QED) is 0.652. The normalized spacial score (nSPS) is 37.4. The number of fused-ring (bicyclic) bond motifs is 3. The van der Waals surface area contributed by atoms with Crippen molar-refractivity contribution in [1.29, 1.82) is 0 Å². The first-order chi connectivity index (χ1) is 7.22. The van der Waals surface area contributed by atoms with Crippen LogP contribution in [0.25, 0.3) is 0 Å². The number of aldehydes is 1. The molecule has 0 amide bonds. The Morgan fingerprint density at radius 3 is 3.00 bits per heavy atom. The molecule has 0 spiro atoms. The van der Waals surface area contributed by atoms with Crippen LogP contribution in [0, 0.1) is 0 Å². The highest BCUT2D eigenvalue weighted by Gasteiger charge is 2.48. The van der Waals surface area contributed by atoms with E-state index < -0.39 is 5.79 Å². The van der Waals surface area contributed by atoms with E-state index in [4.69, 9.17) is 9.47 Å². The molecule has 15 heavy (non-hydrogen) atoms. The van der Waals surface area contributed by atoms with Gasteiger partial charge in [0, 0.05) is 6.42 Å². The smallest absolute Gasteiger partial charge is 0.223 e. The maximum absolute atomic E-state index is 10.8. The molecule has 1 aromatic rings. The van der Waals surface area contributed by atoms with Crippen molar-refractivity contribution in [2.45, 2.75) is 31.3 Å². The van der Waals surface area contributed by atoms with Gasteiger partial charge in [0.1, 0.15) is 6.10 Å². The van der Waals surface area contributed by atoms with E-state index in [1.54, 1.807) is 6.92 Å². The van der Waals surface area contributed by atoms with Gasteiger partial charge in [0.2, 0.25) is 5.79 Å². The summed E-state index contributed by atoms with van der Waals surface area (Å²) in [6, 6.07) is 8.12. The third-order valence-corrected chi connectivity index (χ3v) is 3.08. The molecular formula is C12H12O3. The van der Waals surface area contributed by atoms with Crippen LogP contribution < -0.4 is 0 Å². The van der Waals surface area contributed by atoms with Gasteiger partial charge in [-0.15, -0.1) is 0 Å². The second-order valence-electron chi connectivity index (χ2n) is 4.23. The highest BCUT2D eigenvalue weighted by atomic mass is 16.8. The second-order valence-corrected chi connectivity index (χ2v) is 4.23. The molecule has 78 valence electrons. The fourth-order valence-corrected chi connectivity index (χ4v) is 2.40. The Labute approximate surface area is 88.0 Å². The summed E-state index contributed by atoms with van der Waals surface area (Å²) in [4.78, 5) is 10.8. The van der Waals surface area contributed by atoms with E-state index >= 15 is 0 Å². The largest absolute Gasteiger partial charge is 0.337 e. The maximum Gasteiger partial charge on any atom is 0.223 e. The minimum absolute atomic E-state index is 0.00222. The Kier molecular flexibility index (Phi) is 1.75. The summed E-state index contributed by atoms with van der Waals surface area (Å²) in [6.45, 7) is 1.67. The molecule has 1 heterocycles. The van der Waals surface area contributed by atoms with Gasteiger partial charge in [-0.05, 0) is 18.1 Å². The molecule has 3 atom stereocenters. The van der Waals surface area contributed by atoms with Crippen molar-refractivity contribution in [3.63, 3.8) is 0 Å². The van der Waals surface area contributed by atoms with Gasteiger partial charge in [0.05, 0.1) is 6.10 Å². The third kappa shape index (κ3) is 1.24. The topological polar surface area (TPSA) is 35.5 Å². The number of carbonyl (C=O) groups excluding carboxylic acids is 1. The van der Waals surface area contributed by atoms with Crippen LogP contribution in [0.3, 0.4) is 0 Å². The summed E-state index contributed by atoms with van der Waals surface area (Å²) in [7, 11) is 0. The number of rotatable bonds is 1. The highest BCUT2D eigenvalue weighted by molar-refractivity contribution is 5.60. The number of hydrogen-bond acceptors (Lipinski definition) is 3. The van der Waals surface area contributed by atoms with E-state index in [2.05, 4.69) is 6.07 Å². The Bertz CT molecular complexity index is 415. The maximum atomic E-state index is 10.8. The standard InChI is InChI=1S/C12H12O3/c1-12(7-13)14-10-6-8-4-2-3-5-9(8)11(10)15-12/h2-5,7,10-11H,6H2,1H3. The van der Waals surface area contributed by atoms with Crippen LogP contribution in [0.1, 0.15) is 24.2 Å². The van der Waals surface area contributed by atoms with E-state index in [9.17, 15) is 4.79 Å². The SMILES string of the molecule is CC1(C=O)OC2Cc3ccccc3C2O1. The van der Waals surface area contributed by atoms with Gasteiger partial charge >= 0.3 is 0 Å². The molecule has 1 fully saturated rings. The predicted octanol–water partition coefficient (Wildman–Crippen LogP) is 1.61. The van der Waals surface area contributed by atoms with E-state index in [-0.39, 0.29) is 12.2 Å². The molecule has 3 rings (SSSR count).